The summed E-state index contributed by atoms with van der Waals surface area (Å²) in [6.07, 6.45) is 0.679. The molecule has 0 aliphatic heterocycles. The van der Waals surface area contributed by atoms with Crippen LogP contribution >= 0.6 is 35.6 Å². The maximum absolute atomic E-state index is 11.2. The molecule has 1 aromatic carbocycles. The number of halogens is 3. The van der Waals surface area contributed by atoms with E-state index >= 15 is 0 Å². The third-order valence-electron chi connectivity index (χ3n) is 2.05. The Morgan fingerprint density at radius 2 is 1.88 bits per heavy atom. The highest BCUT2D eigenvalue weighted by atomic mass is 35.5. The maximum Gasteiger partial charge on any atom is 0.236 e. The topological polar surface area (TPSA) is 55.1 Å². The molecular weight excluding hydrogens is 282 g/mol. The minimum absolute atomic E-state index is 0. The number of nitrogens with two attached hydrogens (primary N) is 1. The first-order valence-electron chi connectivity index (χ1n) is 4.97. The standard InChI is InChI=1S/C11H14Cl2N2O.ClH/c1-7(14)11(16)15-3-2-8-4-9(12)6-10(13)5-8;/h4-7H,2-3,14H2,1H3,(H,15,16);1H/t7-;/m1./s1. The van der Waals surface area contributed by atoms with Gasteiger partial charge in [0.25, 0.3) is 0 Å². The van der Waals surface area contributed by atoms with E-state index in [1.807, 2.05) is 12.1 Å². The lowest BCUT2D eigenvalue weighted by atomic mass is 10.1. The van der Waals surface area contributed by atoms with Crippen molar-refractivity contribution in [3.8, 4) is 0 Å². The van der Waals surface area contributed by atoms with Gasteiger partial charge in [0, 0.05) is 16.6 Å². The smallest absolute Gasteiger partial charge is 0.236 e. The van der Waals surface area contributed by atoms with Crippen LogP contribution in [0, 0.1) is 0 Å². The summed E-state index contributed by atoms with van der Waals surface area (Å²) in [5, 5.41) is 3.92. The maximum atomic E-state index is 11.2. The number of amides is 1. The summed E-state index contributed by atoms with van der Waals surface area (Å²) in [5.41, 5.74) is 6.40. The normalized spacial score (nSPS) is 11.5. The number of nitrogens with one attached hydrogen (secondary N) is 1. The lowest BCUT2D eigenvalue weighted by Crippen LogP contribution is -2.39. The number of hydrogen-bond acceptors (Lipinski definition) is 2. The van der Waals surface area contributed by atoms with E-state index < -0.39 is 6.04 Å². The average molecular weight is 298 g/mol. The summed E-state index contributed by atoms with van der Waals surface area (Å²) in [5.74, 6) is -0.159. The molecule has 0 heterocycles. The molecule has 0 fully saturated rings. The van der Waals surface area contributed by atoms with Crippen molar-refractivity contribution in [1.29, 1.82) is 0 Å². The van der Waals surface area contributed by atoms with Crippen molar-refractivity contribution in [1.82, 2.24) is 5.32 Å². The van der Waals surface area contributed by atoms with Crippen LogP contribution in [0.5, 0.6) is 0 Å². The van der Waals surface area contributed by atoms with Gasteiger partial charge in [0.2, 0.25) is 5.91 Å². The summed E-state index contributed by atoms with van der Waals surface area (Å²) in [4.78, 5) is 11.2. The second-order valence-corrected chi connectivity index (χ2v) is 4.48. The lowest BCUT2D eigenvalue weighted by Gasteiger charge is -2.08. The minimum atomic E-state index is -0.483. The Bertz CT molecular complexity index is 363. The summed E-state index contributed by atoms with van der Waals surface area (Å²) >= 11 is 11.7. The fourth-order valence-electron chi connectivity index (χ4n) is 1.25. The van der Waals surface area contributed by atoms with Crippen molar-refractivity contribution < 1.29 is 4.79 Å². The van der Waals surface area contributed by atoms with Gasteiger partial charge in [-0.15, -0.1) is 12.4 Å². The molecule has 0 unspecified atom stereocenters. The Morgan fingerprint density at radius 1 is 1.35 bits per heavy atom. The Balaban J connectivity index is 0.00000256. The van der Waals surface area contributed by atoms with Gasteiger partial charge in [0.1, 0.15) is 0 Å². The number of carbonyl (C=O) groups excluding carboxylic acids is 1. The second kappa shape index (κ2) is 7.77. The number of rotatable bonds is 4. The third kappa shape index (κ3) is 6.13. The van der Waals surface area contributed by atoms with Crippen LogP contribution in [0.2, 0.25) is 10.0 Å². The summed E-state index contributed by atoms with van der Waals surface area (Å²) in [6, 6.07) is 4.84. The molecule has 0 aliphatic carbocycles. The van der Waals surface area contributed by atoms with Crippen LogP contribution < -0.4 is 11.1 Å². The number of benzene rings is 1. The number of hydrogen-bond donors (Lipinski definition) is 2. The summed E-state index contributed by atoms with van der Waals surface area (Å²) in [6.45, 7) is 2.17. The van der Waals surface area contributed by atoms with E-state index in [2.05, 4.69) is 5.32 Å². The van der Waals surface area contributed by atoms with Crippen molar-refractivity contribution in [2.45, 2.75) is 19.4 Å². The zero-order valence-corrected chi connectivity index (χ0v) is 11.7. The largest absolute Gasteiger partial charge is 0.354 e. The van der Waals surface area contributed by atoms with Gasteiger partial charge in [-0.3, -0.25) is 4.79 Å². The molecule has 0 saturated heterocycles. The van der Waals surface area contributed by atoms with Crippen molar-refractivity contribution >= 4 is 41.5 Å². The van der Waals surface area contributed by atoms with Crippen LogP contribution in [-0.2, 0) is 11.2 Å². The van der Waals surface area contributed by atoms with Gasteiger partial charge in [0.15, 0.2) is 0 Å². The highest BCUT2D eigenvalue weighted by molar-refractivity contribution is 6.34. The highest BCUT2D eigenvalue weighted by Gasteiger charge is 2.05. The first-order chi connectivity index (χ1) is 7.49. The molecule has 0 saturated carbocycles. The fraction of sp³-hybridized carbons (Fsp3) is 0.364. The molecule has 1 amide bonds. The van der Waals surface area contributed by atoms with Crippen molar-refractivity contribution in [2.75, 3.05) is 6.54 Å². The molecule has 1 aromatic rings. The van der Waals surface area contributed by atoms with E-state index in [9.17, 15) is 4.79 Å². The summed E-state index contributed by atoms with van der Waals surface area (Å²) < 4.78 is 0. The fourth-order valence-corrected chi connectivity index (χ4v) is 1.82. The van der Waals surface area contributed by atoms with Crippen LogP contribution in [0.15, 0.2) is 18.2 Å². The molecular formula is C11H15Cl3N2O. The Hall–Kier alpha value is -0.480. The molecule has 3 nitrogen and oxygen atoms in total. The van der Waals surface area contributed by atoms with Crippen molar-refractivity contribution in [2.24, 2.45) is 5.73 Å². The highest BCUT2D eigenvalue weighted by Crippen LogP contribution is 2.19. The SMILES string of the molecule is C[C@@H](N)C(=O)NCCc1cc(Cl)cc(Cl)c1.Cl. The molecule has 96 valence electrons. The molecule has 0 radical (unpaired) electrons. The van der Waals surface area contributed by atoms with Crippen LogP contribution in [-0.4, -0.2) is 18.5 Å². The summed E-state index contributed by atoms with van der Waals surface area (Å²) in [7, 11) is 0. The van der Waals surface area contributed by atoms with Crippen molar-refractivity contribution in [3.05, 3.63) is 33.8 Å². The molecule has 3 N–H and O–H groups in total. The Morgan fingerprint density at radius 3 is 2.35 bits per heavy atom. The van der Waals surface area contributed by atoms with E-state index in [1.165, 1.54) is 0 Å². The predicted octanol–water partition coefficient (Wildman–Crippen LogP) is 2.42. The van der Waals surface area contributed by atoms with Crippen LogP contribution in [0.3, 0.4) is 0 Å². The first kappa shape index (κ1) is 16.5. The quantitative estimate of drug-likeness (QED) is 0.897. The Labute approximate surface area is 117 Å². The van der Waals surface area contributed by atoms with Gasteiger partial charge < -0.3 is 11.1 Å². The van der Waals surface area contributed by atoms with E-state index in [0.29, 0.717) is 23.0 Å². The van der Waals surface area contributed by atoms with E-state index in [1.54, 1.807) is 13.0 Å². The average Bonchev–Trinajstić information content (AvgIpc) is 2.15. The van der Waals surface area contributed by atoms with Crippen LogP contribution in [0.25, 0.3) is 0 Å². The second-order valence-electron chi connectivity index (χ2n) is 3.61. The Kier molecular flexibility index (Phi) is 7.55. The number of carbonyl (C=O) groups is 1. The van der Waals surface area contributed by atoms with E-state index in [-0.39, 0.29) is 18.3 Å². The third-order valence-corrected chi connectivity index (χ3v) is 2.49. The molecule has 0 spiro atoms. The first-order valence-corrected chi connectivity index (χ1v) is 5.73. The van der Waals surface area contributed by atoms with Gasteiger partial charge in [-0.1, -0.05) is 23.2 Å². The monoisotopic (exact) mass is 296 g/mol. The lowest BCUT2D eigenvalue weighted by molar-refractivity contribution is -0.121. The zero-order valence-electron chi connectivity index (χ0n) is 9.37. The molecule has 0 aromatic heterocycles. The van der Waals surface area contributed by atoms with Gasteiger partial charge in [0.05, 0.1) is 6.04 Å². The van der Waals surface area contributed by atoms with Gasteiger partial charge in [-0.25, -0.2) is 0 Å². The molecule has 1 atom stereocenters. The van der Waals surface area contributed by atoms with Gasteiger partial charge >= 0.3 is 0 Å². The van der Waals surface area contributed by atoms with Gasteiger partial charge in [-0.05, 0) is 37.1 Å². The van der Waals surface area contributed by atoms with Crippen molar-refractivity contribution in [3.63, 3.8) is 0 Å². The minimum Gasteiger partial charge on any atom is -0.354 e. The molecule has 1 rings (SSSR count). The van der Waals surface area contributed by atoms with E-state index in [4.69, 9.17) is 28.9 Å². The zero-order chi connectivity index (χ0) is 12.1. The predicted molar refractivity (Wildman–Crippen MR) is 74.1 cm³/mol. The molecule has 17 heavy (non-hydrogen) atoms. The molecule has 0 aliphatic rings. The molecule has 6 heteroatoms. The van der Waals surface area contributed by atoms with Crippen LogP contribution in [0.1, 0.15) is 12.5 Å². The van der Waals surface area contributed by atoms with Crippen LogP contribution in [0.4, 0.5) is 0 Å². The van der Waals surface area contributed by atoms with E-state index in [0.717, 1.165) is 5.56 Å². The molecule has 0 bridgehead atoms. The van der Waals surface area contributed by atoms with Gasteiger partial charge in [-0.2, -0.15) is 0 Å².